The highest BCUT2D eigenvalue weighted by atomic mass is 32.2. The number of unbranched alkanes of at least 4 members (excludes halogenated alkanes) is 1. The molecule has 1 aromatic carbocycles. The van der Waals surface area contributed by atoms with Gasteiger partial charge in [0.15, 0.2) is 9.84 Å². The lowest BCUT2D eigenvalue weighted by molar-refractivity contribution is 0.571. The highest BCUT2D eigenvalue weighted by Crippen LogP contribution is 2.19. The first kappa shape index (κ1) is 16.2. The van der Waals surface area contributed by atoms with Crippen LogP contribution in [-0.2, 0) is 9.84 Å². The molecule has 0 aromatic heterocycles. The Hall–Kier alpha value is -0.870. The molecule has 0 saturated carbocycles. The average Bonchev–Trinajstić information content (AvgIpc) is 2.32. The predicted octanol–water partition coefficient (Wildman–Crippen LogP) is 2.78. The zero-order valence-corrected chi connectivity index (χ0v) is 13.2. The smallest absolute Gasteiger partial charge is 0.152 e. The molecular formula is C15H25NO2S. The predicted molar refractivity (Wildman–Crippen MR) is 81.3 cm³/mol. The van der Waals surface area contributed by atoms with Crippen LogP contribution in [0.2, 0.25) is 0 Å². The summed E-state index contributed by atoms with van der Waals surface area (Å²) in [5.41, 5.74) is 3.39. The molecule has 0 aliphatic carbocycles. The van der Waals surface area contributed by atoms with Crippen molar-refractivity contribution >= 4 is 9.84 Å². The van der Waals surface area contributed by atoms with Gasteiger partial charge in [0, 0.05) is 6.04 Å². The van der Waals surface area contributed by atoms with Crippen LogP contribution in [0.3, 0.4) is 0 Å². The van der Waals surface area contributed by atoms with E-state index in [1.54, 1.807) is 0 Å². The van der Waals surface area contributed by atoms with Crippen LogP contribution in [0.1, 0.15) is 42.5 Å². The summed E-state index contributed by atoms with van der Waals surface area (Å²) in [6.45, 7) is 6.08. The minimum atomic E-state index is -2.99. The summed E-state index contributed by atoms with van der Waals surface area (Å²) in [5.74, 6) is 0.457. The molecule has 19 heavy (non-hydrogen) atoms. The highest BCUT2D eigenvalue weighted by molar-refractivity contribution is 7.91. The van der Waals surface area contributed by atoms with Crippen LogP contribution in [0.25, 0.3) is 0 Å². The van der Waals surface area contributed by atoms with Crippen molar-refractivity contribution < 1.29 is 8.42 Å². The zero-order valence-electron chi connectivity index (χ0n) is 12.4. The van der Waals surface area contributed by atoms with Crippen LogP contribution >= 0.6 is 0 Å². The second-order valence-electron chi connectivity index (χ2n) is 5.23. The number of sulfone groups is 1. The third kappa shape index (κ3) is 5.33. The Morgan fingerprint density at radius 1 is 1.16 bits per heavy atom. The molecule has 0 saturated heterocycles. The van der Waals surface area contributed by atoms with Crippen LogP contribution in [-0.4, -0.2) is 27.0 Å². The maximum atomic E-state index is 12.1. The Kier molecular flexibility index (Phi) is 6.01. The molecule has 4 heteroatoms. The molecule has 0 heterocycles. The Morgan fingerprint density at radius 3 is 2.21 bits per heavy atom. The number of hydrogen-bond donors (Lipinski definition) is 1. The number of hydrogen-bond acceptors (Lipinski definition) is 3. The molecule has 0 aliphatic rings. The molecule has 0 fully saturated rings. The monoisotopic (exact) mass is 283 g/mol. The molecule has 3 nitrogen and oxygen atoms in total. The van der Waals surface area contributed by atoms with Crippen LogP contribution in [0.4, 0.5) is 0 Å². The van der Waals surface area contributed by atoms with Gasteiger partial charge in [-0.15, -0.1) is 0 Å². The van der Waals surface area contributed by atoms with E-state index < -0.39 is 9.84 Å². The van der Waals surface area contributed by atoms with Crippen LogP contribution < -0.4 is 5.32 Å². The van der Waals surface area contributed by atoms with Gasteiger partial charge in [-0.2, -0.15) is 0 Å². The van der Waals surface area contributed by atoms with E-state index in [0.29, 0.717) is 0 Å². The fourth-order valence-corrected chi connectivity index (χ4v) is 4.02. The number of rotatable bonds is 7. The molecule has 1 unspecified atom stereocenters. The molecule has 1 N–H and O–H groups in total. The minimum Gasteiger partial charge on any atom is -0.312 e. The van der Waals surface area contributed by atoms with Gasteiger partial charge in [0.05, 0.1) is 11.5 Å². The van der Waals surface area contributed by atoms with E-state index in [9.17, 15) is 8.42 Å². The molecule has 0 radical (unpaired) electrons. The summed E-state index contributed by atoms with van der Waals surface area (Å²) >= 11 is 0. The van der Waals surface area contributed by atoms with E-state index in [-0.39, 0.29) is 17.5 Å². The summed E-state index contributed by atoms with van der Waals surface area (Å²) in [6, 6.07) is 6.09. The zero-order chi connectivity index (χ0) is 14.5. The normalized spacial score (nSPS) is 13.5. The summed E-state index contributed by atoms with van der Waals surface area (Å²) in [4.78, 5) is 0. The minimum absolute atomic E-state index is 0.125. The third-order valence-corrected chi connectivity index (χ3v) is 4.98. The Morgan fingerprint density at radius 2 is 1.74 bits per heavy atom. The fourth-order valence-electron chi connectivity index (χ4n) is 2.26. The quantitative estimate of drug-likeness (QED) is 0.837. The van der Waals surface area contributed by atoms with E-state index in [1.165, 1.54) is 11.1 Å². The van der Waals surface area contributed by atoms with Gasteiger partial charge < -0.3 is 5.32 Å². The average molecular weight is 283 g/mol. The third-order valence-electron chi connectivity index (χ3n) is 3.22. The van der Waals surface area contributed by atoms with Crippen molar-refractivity contribution in [3.63, 3.8) is 0 Å². The van der Waals surface area contributed by atoms with E-state index >= 15 is 0 Å². The first-order chi connectivity index (χ1) is 8.88. The van der Waals surface area contributed by atoms with Crippen molar-refractivity contribution in [2.24, 2.45) is 0 Å². The standard InChI is InChI=1S/C15H25NO2S/c1-5-6-7-19(17,18)11-15(16-4)14-9-12(2)8-13(3)10-14/h8-10,15-16H,5-7,11H2,1-4H3. The summed E-state index contributed by atoms with van der Waals surface area (Å²) in [6.07, 6.45) is 1.65. The van der Waals surface area contributed by atoms with Crippen molar-refractivity contribution in [1.82, 2.24) is 5.32 Å². The van der Waals surface area contributed by atoms with Gasteiger partial charge >= 0.3 is 0 Å². The van der Waals surface area contributed by atoms with Crippen LogP contribution in [0.15, 0.2) is 18.2 Å². The van der Waals surface area contributed by atoms with Gasteiger partial charge in [-0.05, 0) is 32.9 Å². The molecule has 0 amide bonds. The van der Waals surface area contributed by atoms with Crippen molar-refractivity contribution in [3.8, 4) is 0 Å². The number of nitrogens with one attached hydrogen (secondary N) is 1. The maximum absolute atomic E-state index is 12.1. The topological polar surface area (TPSA) is 46.2 Å². The van der Waals surface area contributed by atoms with Gasteiger partial charge in [-0.25, -0.2) is 8.42 Å². The Bertz CT molecular complexity index is 489. The molecule has 1 rings (SSSR count). The van der Waals surface area contributed by atoms with Crippen LogP contribution in [0, 0.1) is 13.8 Å². The largest absolute Gasteiger partial charge is 0.312 e. The van der Waals surface area contributed by atoms with Crippen LogP contribution in [0.5, 0.6) is 0 Å². The van der Waals surface area contributed by atoms with Gasteiger partial charge in [0.25, 0.3) is 0 Å². The van der Waals surface area contributed by atoms with Gasteiger partial charge in [0.2, 0.25) is 0 Å². The van der Waals surface area contributed by atoms with Crippen molar-refractivity contribution in [2.45, 2.75) is 39.7 Å². The molecular weight excluding hydrogens is 258 g/mol. The summed E-state index contributed by atoms with van der Waals surface area (Å²) in [7, 11) is -1.17. The Labute approximate surface area is 117 Å². The SMILES string of the molecule is CCCCS(=O)(=O)CC(NC)c1cc(C)cc(C)c1. The molecule has 1 aromatic rings. The van der Waals surface area contributed by atoms with E-state index in [2.05, 4.69) is 23.5 Å². The van der Waals surface area contributed by atoms with Gasteiger partial charge in [-0.3, -0.25) is 0 Å². The molecule has 0 bridgehead atoms. The van der Waals surface area contributed by atoms with E-state index in [4.69, 9.17) is 0 Å². The number of aryl methyl sites for hydroxylation is 2. The van der Waals surface area contributed by atoms with Crippen molar-refractivity contribution in [1.29, 1.82) is 0 Å². The van der Waals surface area contributed by atoms with Crippen molar-refractivity contribution in [3.05, 3.63) is 34.9 Å². The lowest BCUT2D eigenvalue weighted by atomic mass is 10.0. The van der Waals surface area contributed by atoms with Gasteiger partial charge in [-0.1, -0.05) is 42.7 Å². The first-order valence-electron chi connectivity index (χ1n) is 6.84. The lowest BCUT2D eigenvalue weighted by Gasteiger charge is -2.18. The van der Waals surface area contributed by atoms with Crippen molar-refractivity contribution in [2.75, 3.05) is 18.6 Å². The maximum Gasteiger partial charge on any atom is 0.152 e. The Balaban J connectivity index is 2.89. The second-order valence-corrected chi connectivity index (χ2v) is 7.46. The summed E-state index contributed by atoms with van der Waals surface area (Å²) < 4.78 is 24.1. The molecule has 108 valence electrons. The fraction of sp³-hybridized carbons (Fsp3) is 0.600. The van der Waals surface area contributed by atoms with Gasteiger partial charge in [0.1, 0.15) is 0 Å². The van der Waals surface area contributed by atoms with E-state index in [1.807, 2.05) is 27.8 Å². The molecule has 0 aliphatic heterocycles. The second kappa shape index (κ2) is 7.06. The van der Waals surface area contributed by atoms with E-state index in [0.717, 1.165) is 18.4 Å². The first-order valence-corrected chi connectivity index (χ1v) is 8.66. The molecule has 0 spiro atoms. The summed E-state index contributed by atoms with van der Waals surface area (Å²) in [5, 5.41) is 3.13. The highest BCUT2D eigenvalue weighted by Gasteiger charge is 2.19. The number of benzene rings is 1. The lowest BCUT2D eigenvalue weighted by Crippen LogP contribution is -2.26. The molecule has 1 atom stereocenters.